The summed E-state index contributed by atoms with van der Waals surface area (Å²) >= 11 is 0. The number of amides is 2. The Kier molecular flexibility index (Phi) is 8.87. The molecule has 4 N–H and O–H groups in total. The zero-order chi connectivity index (χ0) is 22.8. The van der Waals surface area contributed by atoms with Gasteiger partial charge < -0.3 is 25.6 Å². The standard InChI is InChI=1S/C23H28N2O6/c1-3-15(2)20(25-23(30)31-14-17-7-5-4-6-8-17)21(27)24-19(22(28)29)13-16-9-11-18(26)12-10-16/h4-12,15,19-20,26H,3,13-14H2,1-2H3,(H,24,27)(H,25,30)(H,28,29)/t15-,19+,20-/m0/s1. The van der Waals surface area contributed by atoms with Crippen molar-refractivity contribution in [2.24, 2.45) is 5.92 Å². The van der Waals surface area contributed by atoms with Gasteiger partial charge in [-0.1, -0.05) is 62.7 Å². The summed E-state index contributed by atoms with van der Waals surface area (Å²) in [5.74, 6) is -1.98. The highest BCUT2D eigenvalue weighted by Gasteiger charge is 2.30. The topological polar surface area (TPSA) is 125 Å². The van der Waals surface area contributed by atoms with Crippen LogP contribution < -0.4 is 10.6 Å². The highest BCUT2D eigenvalue weighted by atomic mass is 16.5. The summed E-state index contributed by atoms with van der Waals surface area (Å²) in [5, 5.41) is 24.0. The van der Waals surface area contributed by atoms with Gasteiger partial charge in [-0.25, -0.2) is 9.59 Å². The first-order valence-electron chi connectivity index (χ1n) is 10.1. The van der Waals surface area contributed by atoms with E-state index in [1.165, 1.54) is 12.1 Å². The lowest BCUT2D eigenvalue weighted by Gasteiger charge is -2.25. The number of carboxylic acids is 1. The van der Waals surface area contributed by atoms with E-state index in [2.05, 4.69) is 10.6 Å². The molecule has 0 unspecified atom stereocenters. The van der Waals surface area contributed by atoms with Crippen molar-refractivity contribution < 1.29 is 29.3 Å². The predicted octanol–water partition coefficient (Wildman–Crippen LogP) is 2.85. The van der Waals surface area contributed by atoms with Gasteiger partial charge in [0.15, 0.2) is 0 Å². The molecule has 0 bridgehead atoms. The maximum absolute atomic E-state index is 12.8. The third kappa shape index (κ3) is 7.65. The van der Waals surface area contributed by atoms with Crippen LogP contribution in [0.3, 0.4) is 0 Å². The monoisotopic (exact) mass is 428 g/mol. The molecule has 3 atom stereocenters. The summed E-state index contributed by atoms with van der Waals surface area (Å²) in [6.45, 7) is 3.71. The van der Waals surface area contributed by atoms with Crippen LogP contribution in [0.25, 0.3) is 0 Å². The van der Waals surface area contributed by atoms with Gasteiger partial charge in [0.05, 0.1) is 0 Å². The van der Waals surface area contributed by atoms with E-state index in [0.717, 1.165) is 5.56 Å². The number of hydrogen-bond donors (Lipinski definition) is 4. The van der Waals surface area contributed by atoms with E-state index in [1.807, 2.05) is 37.3 Å². The number of benzene rings is 2. The van der Waals surface area contributed by atoms with Crippen LogP contribution in [0.4, 0.5) is 4.79 Å². The van der Waals surface area contributed by atoms with E-state index >= 15 is 0 Å². The maximum atomic E-state index is 12.8. The fraction of sp³-hybridized carbons (Fsp3) is 0.348. The number of carbonyl (C=O) groups is 3. The molecule has 2 aromatic carbocycles. The second-order valence-electron chi connectivity index (χ2n) is 7.34. The average Bonchev–Trinajstić information content (AvgIpc) is 2.77. The Hall–Kier alpha value is -3.55. The Labute approximate surface area is 181 Å². The molecule has 8 heteroatoms. The van der Waals surface area contributed by atoms with Gasteiger partial charge in [-0.3, -0.25) is 4.79 Å². The van der Waals surface area contributed by atoms with Crippen LogP contribution in [0.15, 0.2) is 54.6 Å². The minimum atomic E-state index is -1.20. The lowest BCUT2D eigenvalue weighted by atomic mass is 9.97. The first-order chi connectivity index (χ1) is 14.8. The molecule has 166 valence electrons. The third-order valence-corrected chi connectivity index (χ3v) is 4.97. The van der Waals surface area contributed by atoms with Crippen molar-refractivity contribution >= 4 is 18.0 Å². The molecule has 0 saturated heterocycles. The van der Waals surface area contributed by atoms with Crippen molar-refractivity contribution in [1.29, 1.82) is 0 Å². The number of hydrogen-bond acceptors (Lipinski definition) is 5. The number of carboxylic acid groups (broad SMARTS) is 1. The molecule has 31 heavy (non-hydrogen) atoms. The van der Waals surface area contributed by atoms with Crippen LogP contribution in [-0.2, 0) is 27.4 Å². The summed E-state index contributed by atoms with van der Waals surface area (Å²) in [6, 6.07) is 13.1. The van der Waals surface area contributed by atoms with Gasteiger partial charge in [0.25, 0.3) is 0 Å². The van der Waals surface area contributed by atoms with Crippen LogP contribution in [0, 0.1) is 5.92 Å². The summed E-state index contributed by atoms with van der Waals surface area (Å²) in [6.07, 6.45) is -0.130. The van der Waals surface area contributed by atoms with Crippen molar-refractivity contribution in [3.63, 3.8) is 0 Å². The van der Waals surface area contributed by atoms with Crippen LogP contribution >= 0.6 is 0 Å². The molecular formula is C23H28N2O6. The van der Waals surface area contributed by atoms with Gasteiger partial charge in [-0.05, 0) is 29.2 Å². The van der Waals surface area contributed by atoms with Crippen LogP contribution in [0.1, 0.15) is 31.4 Å². The maximum Gasteiger partial charge on any atom is 0.408 e. The smallest absolute Gasteiger partial charge is 0.408 e. The first kappa shape index (κ1) is 23.7. The Morgan fingerprint density at radius 2 is 1.61 bits per heavy atom. The highest BCUT2D eigenvalue weighted by Crippen LogP contribution is 2.13. The van der Waals surface area contributed by atoms with Gasteiger partial charge in [0.1, 0.15) is 24.4 Å². The molecule has 0 aliphatic heterocycles. The lowest BCUT2D eigenvalue weighted by Crippen LogP contribution is -2.54. The predicted molar refractivity (Wildman–Crippen MR) is 114 cm³/mol. The van der Waals surface area contributed by atoms with Crippen LogP contribution in [0.2, 0.25) is 0 Å². The molecule has 2 amide bonds. The van der Waals surface area contributed by atoms with Crippen molar-refractivity contribution in [3.8, 4) is 5.75 Å². The molecule has 0 aliphatic rings. The van der Waals surface area contributed by atoms with Crippen molar-refractivity contribution in [1.82, 2.24) is 10.6 Å². The van der Waals surface area contributed by atoms with Gasteiger partial charge in [0.2, 0.25) is 5.91 Å². The minimum absolute atomic E-state index is 0.0348. The van der Waals surface area contributed by atoms with E-state index in [-0.39, 0.29) is 24.7 Å². The Morgan fingerprint density at radius 3 is 2.19 bits per heavy atom. The average molecular weight is 428 g/mol. The number of alkyl carbamates (subject to hydrolysis) is 1. The fourth-order valence-electron chi connectivity index (χ4n) is 2.92. The van der Waals surface area contributed by atoms with Gasteiger partial charge >= 0.3 is 12.1 Å². The van der Waals surface area contributed by atoms with Crippen LogP contribution in [0.5, 0.6) is 5.75 Å². The molecule has 0 radical (unpaired) electrons. The SMILES string of the molecule is CC[C@H](C)[C@H](NC(=O)OCc1ccccc1)C(=O)N[C@H](Cc1ccc(O)cc1)C(=O)O. The Morgan fingerprint density at radius 1 is 0.968 bits per heavy atom. The lowest BCUT2D eigenvalue weighted by molar-refractivity contribution is -0.142. The normalized spacial score (nSPS) is 13.5. The third-order valence-electron chi connectivity index (χ3n) is 4.97. The van der Waals surface area contributed by atoms with Gasteiger partial charge in [-0.15, -0.1) is 0 Å². The molecule has 0 heterocycles. The van der Waals surface area contributed by atoms with Crippen molar-refractivity contribution in [2.75, 3.05) is 0 Å². The molecule has 8 nitrogen and oxygen atoms in total. The number of rotatable bonds is 10. The number of ether oxygens (including phenoxy) is 1. The van der Waals surface area contributed by atoms with Crippen LogP contribution in [-0.4, -0.2) is 40.3 Å². The molecule has 0 fully saturated rings. The summed E-state index contributed by atoms with van der Waals surface area (Å²) in [7, 11) is 0. The number of aromatic hydroxyl groups is 1. The zero-order valence-electron chi connectivity index (χ0n) is 17.6. The second-order valence-corrected chi connectivity index (χ2v) is 7.34. The molecule has 2 aromatic rings. The first-order valence-corrected chi connectivity index (χ1v) is 10.1. The second kappa shape index (κ2) is 11.6. The van der Waals surface area contributed by atoms with E-state index < -0.39 is 30.1 Å². The summed E-state index contributed by atoms with van der Waals surface area (Å²) in [5.41, 5.74) is 1.45. The highest BCUT2D eigenvalue weighted by molar-refractivity contribution is 5.89. The molecule has 0 aliphatic carbocycles. The van der Waals surface area contributed by atoms with E-state index in [4.69, 9.17) is 4.74 Å². The number of carbonyl (C=O) groups excluding carboxylic acids is 2. The van der Waals surface area contributed by atoms with Crippen molar-refractivity contribution in [3.05, 3.63) is 65.7 Å². The van der Waals surface area contributed by atoms with Gasteiger partial charge in [0, 0.05) is 6.42 Å². The summed E-state index contributed by atoms with van der Waals surface area (Å²) < 4.78 is 5.19. The Bertz CT molecular complexity index is 869. The quantitative estimate of drug-likeness (QED) is 0.461. The van der Waals surface area contributed by atoms with E-state index in [1.54, 1.807) is 19.1 Å². The molecule has 2 rings (SSSR count). The summed E-state index contributed by atoms with van der Waals surface area (Å²) in [4.78, 5) is 36.7. The number of nitrogens with one attached hydrogen (secondary N) is 2. The van der Waals surface area contributed by atoms with Gasteiger partial charge in [-0.2, -0.15) is 0 Å². The minimum Gasteiger partial charge on any atom is -0.508 e. The van der Waals surface area contributed by atoms with Crippen molar-refractivity contribution in [2.45, 2.75) is 45.4 Å². The molecular weight excluding hydrogens is 400 g/mol. The van der Waals surface area contributed by atoms with E-state index in [0.29, 0.717) is 12.0 Å². The van der Waals surface area contributed by atoms with E-state index in [9.17, 15) is 24.6 Å². The number of phenolic OH excluding ortho intramolecular Hbond substituents is 1. The largest absolute Gasteiger partial charge is 0.508 e. The number of aliphatic carboxylic acids is 1. The fourth-order valence-corrected chi connectivity index (χ4v) is 2.92. The number of phenols is 1. The zero-order valence-corrected chi connectivity index (χ0v) is 17.6. The Balaban J connectivity index is 2.01. The molecule has 0 spiro atoms. The molecule has 0 saturated carbocycles. The molecule has 0 aromatic heterocycles.